The molecule has 3 nitrogen and oxygen atoms in total. The van der Waals surface area contributed by atoms with Crippen LogP contribution in [0.1, 0.15) is 42.3 Å². The van der Waals surface area contributed by atoms with Crippen molar-refractivity contribution in [2.75, 3.05) is 11.1 Å². The topological polar surface area (TPSA) is 42.0 Å². The first kappa shape index (κ1) is 17.5. The van der Waals surface area contributed by atoms with E-state index in [-0.39, 0.29) is 5.91 Å². The molecular formula is C19H24N2OS2. The van der Waals surface area contributed by atoms with Gasteiger partial charge in [-0.3, -0.25) is 4.79 Å². The molecule has 1 aromatic heterocycles. The predicted molar refractivity (Wildman–Crippen MR) is 104 cm³/mol. The first-order chi connectivity index (χ1) is 11.7. The zero-order valence-corrected chi connectivity index (χ0v) is 15.7. The van der Waals surface area contributed by atoms with Crippen LogP contribution in [0.4, 0.5) is 5.13 Å². The number of thioether (sulfide) groups is 1. The Morgan fingerprint density at radius 1 is 1.38 bits per heavy atom. The average Bonchev–Trinajstić information content (AvgIpc) is 2.96. The fraction of sp³-hybridized carbons (Fsp3) is 0.474. The molecule has 0 saturated heterocycles. The monoisotopic (exact) mass is 360 g/mol. The van der Waals surface area contributed by atoms with Gasteiger partial charge < -0.3 is 5.32 Å². The average molecular weight is 361 g/mol. The van der Waals surface area contributed by atoms with E-state index in [0.717, 1.165) is 41.8 Å². The second-order valence-electron chi connectivity index (χ2n) is 6.43. The number of amides is 1. The van der Waals surface area contributed by atoms with E-state index in [0.29, 0.717) is 6.42 Å². The number of rotatable bonds is 7. The lowest BCUT2D eigenvalue weighted by Crippen LogP contribution is -2.11. The molecule has 0 spiro atoms. The number of anilines is 1. The van der Waals surface area contributed by atoms with Gasteiger partial charge in [0, 0.05) is 17.1 Å². The summed E-state index contributed by atoms with van der Waals surface area (Å²) in [4.78, 5) is 18.0. The Balaban J connectivity index is 1.35. The van der Waals surface area contributed by atoms with Gasteiger partial charge in [-0.05, 0) is 42.9 Å². The van der Waals surface area contributed by atoms with E-state index in [1.807, 2.05) is 17.8 Å². The lowest BCUT2D eigenvalue weighted by molar-refractivity contribution is -0.116. The lowest BCUT2D eigenvalue weighted by Gasteiger charge is -2.15. The summed E-state index contributed by atoms with van der Waals surface area (Å²) in [5, 5.41) is 3.77. The molecule has 0 saturated carbocycles. The largest absolute Gasteiger partial charge is 0.302 e. The van der Waals surface area contributed by atoms with Crippen molar-refractivity contribution in [1.82, 2.24) is 4.98 Å². The first-order valence-corrected chi connectivity index (χ1v) is 10.6. The van der Waals surface area contributed by atoms with Gasteiger partial charge in [-0.15, -0.1) is 11.3 Å². The Hall–Kier alpha value is -1.33. The second-order valence-corrected chi connectivity index (χ2v) is 8.62. The van der Waals surface area contributed by atoms with E-state index in [2.05, 4.69) is 41.5 Å². The number of aromatic nitrogens is 1. The standard InChI is InChI=1S/C19H24N2OS2/c1-14-9-10-16-17(12-14)24-19(20-16)21-18(22)8-5-11-23-13-15-6-3-2-4-7-15/h2-4,6-7,14H,5,8-13H2,1H3,(H,20,21,22). The van der Waals surface area contributed by atoms with E-state index in [1.165, 1.54) is 22.6 Å². The number of carbonyl (C=O) groups is 1. The summed E-state index contributed by atoms with van der Waals surface area (Å²) in [6, 6.07) is 10.5. The highest BCUT2D eigenvalue weighted by Crippen LogP contribution is 2.32. The van der Waals surface area contributed by atoms with Crippen LogP contribution in [0.3, 0.4) is 0 Å². The van der Waals surface area contributed by atoms with Crippen LogP contribution in [0.15, 0.2) is 30.3 Å². The molecule has 1 aliphatic rings. The zero-order chi connectivity index (χ0) is 16.8. The van der Waals surface area contributed by atoms with E-state index in [1.54, 1.807) is 11.3 Å². The quantitative estimate of drug-likeness (QED) is 0.713. The molecule has 24 heavy (non-hydrogen) atoms. The molecule has 1 heterocycles. The second kappa shape index (κ2) is 8.67. The number of aryl methyl sites for hydroxylation is 1. The molecule has 128 valence electrons. The van der Waals surface area contributed by atoms with Crippen LogP contribution in [-0.2, 0) is 23.4 Å². The maximum atomic E-state index is 12.1. The Kier molecular flexibility index (Phi) is 6.32. The molecule has 2 aromatic rings. The van der Waals surface area contributed by atoms with Gasteiger partial charge in [0.05, 0.1) is 5.69 Å². The van der Waals surface area contributed by atoms with Gasteiger partial charge in [0.2, 0.25) is 5.91 Å². The van der Waals surface area contributed by atoms with Gasteiger partial charge in [-0.1, -0.05) is 37.3 Å². The van der Waals surface area contributed by atoms with E-state index in [4.69, 9.17) is 0 Å². The van der Waals surface area contributed by atoms with Crippen molar-refractivity contribution in [3.05, 3.63) is 46.5 Å². The van der Waals surface area contributed by atoms with Crippen LogP contribution in [0.5, 0.6) is 0 Å². The van der Waals surface area contributed by atoms with Crippen LogP contribution >= 0.6 is 23.1 Å². The van der Waals surface area contributed by atoms with Crippen LogP contribution in [0, 0.1) is 5.92 Å². The van der Waals surface area contributed by atoms with Crippen molar-refractivity contribution in [2.24, 2.45) is 5.92 Å². The van der Waals surface area contributed by atoms with Gasteiger partial charge in [-0.25, -0.2) is 4.98 Å². The fourth-order valence-electron chi connectivity index (χ4n) is 2.87. The van der Waals surface area contributed by atoms with Crippen molar-refractivity contribution >= 4 is 34.1 Å². The Morgan fingerprint density at radius 3 is 3.04 bits per heavy atom. The van der Waals surface area contributed by atoms with Gasteiger partial charge in [0.15, 0.2) is 5.13 Å². The molecule has 1 N–H and O–H groups in total. The summed E-state index contributed by atoms with van der Waals surface area (Å²) in [7, 11) is 0. The highest BCUT2D eigenvalue weighted by Gasteiger charge is 2.20. The van der Waals surface area contributed by atoms with E-state index < -0.39 is 0 Å². The van der Waals surface area contributed by atoms with Crippen molar-refractivity contribution < 1.29 is 4.79 Å². The first-order valence-electron chi connectivity index (χ1n) is 8.61. The molecule has 1 amide bonds. The molecule has 0 radical (unpaired) electrons. The molecule has 0 bridgehead atoms. The summed E-state index contributed by atoms with van der Waals surface area (Å²) in [5.74, 6) is 2.85. The zero-order valence-electron chi connectivity index (χ0n) is 14.1. The Labute approximate surface area is 152 Å². The normalized spacial score (nSPS) is 16.6. The summed E-state index contributed by atoms with van der Waals surface area (Å²) in [6.45, 7) is 2.29. The number of thiazole rings is 1. The van der Waals surface area contributed by atoms with Gasteiger partial charge in [0.25, 0.3) is 0 Å². The van der Waals surface area contributed by atoms with Gasteiger partial charge >= 0.3 is 0 Å². The molecule has 1 atom stereocenters. The number of nitrogens with one attached hydrogen (secondary N) is 1. The van der Waals surface area contributed by atoms with Crippen molar-refractivity contribution in [3.8, 4) is 0 Å². The minimum Gasteiger partial charge on any atom is -0.302 e. The number of hydrogen-bond donors (Lipinski definition) is 1. The van der Waals surface area contributed by atoms with E-state index in [9.17, 15) is 4.79 Å². The van der Waals surface area contributed by atoms with Crippen molar-refractivity contribution in [3.63, 3.8) is 0 Å². The van der Waals surface area contributed by atoms with Crippen molar-refractivity contribution in [2.45, 2.75) is 44.8 Å². The highest BCUT2D eigenvalue weighted by atomic mass is 32.2. The molecular weight excluding hydrogens is 336 g/mol. The third-order valence-corrected chi connectivity index (χ3v) is 6.39. The minimum absolute atomic E-state index is 0.0921. The molecule has 1 aromatic carbocycles. The smallest absolute Gasteiger partial charge is 0.226 e. The van der Waals surface area contributed by atoms with Gasteiger partial charge in [0.1, 0.15) is 0 Å². The third kappa shape index (κ3) is 5.08. The molecule has 0 fully saturated rings. The summed E-state index contributed by atoms with van der Waals surface area (Å²) in [6.07, 6.45) is 4.86. The van der Waals surface area contributed by atoms with Crippen LogP contribution in [-0.4, -0.2) is 16.6 Å². The number of benzene rings is 1. The third-order valence-electron chi connectivity index (χ3n) is 4.24. The van der Waals surface area contributed by atoms with Crippen molar-refractivity contribution in [1.29, 1.82) is 0 Å². The number of fused-ring (bicyclic) bond motifs is 1. The number of hydrogen-bond acceptors (Lipinski definition) is 4. The lowest BCUT2D eigenvalue weighted by atomic mass is 9.93. The maximum Gasteiger partial charge on any atom is 0.226 e. The summed E-state index contributed by atoms with van der Waals surface area (Å²) < 4.78 is 0. The van der Waals surface area contributed by atoms with Crippen LogP contribution in [0.25, 0.3) is 0 Å². The Morgan fingerprint density at radius 2 is 2.21 bits per heavy atom. The minimum atomic E-state index is 0.0921. The van der Waals surface area contributed by atoms with E-state index >= 15 is 0 Å². The summed E-state index contributed by atoms with van der Waals surface area (Å²) in [5.41, 5.74) is 2.54. The molecule has 5 heteroatoms. The number of nitrogens with zero attached hydrogens (tertiary/aromatic N) is 1. The fourth-order valence-corrected chi connectivity index (χ4v) is 4.98. The maximum absolute atomic E-state index is 12.1. The molecule has 1 aliphatic carbocycles. The van der Waals surface area contributed by atoms with Crippen LogP contribution < -0.4 is 5.32 Å². The predicted octanol–water partition coefficient (Wildman–Crippen LogP) is 4.92. The SMILES string of the molecule is CC1CCc2nc(NC(=O)CCCSCc3ccccc3)sc2C1. The number of carbonyl (C=O) groups excluding carboxylic acids is 1. The molecule has 0 aliphatic heterocycles. The molecule has 1 unspecified atom stereocenters. The van der Waals surface area contributed by atoms with Gasteiger partial charge in [-0.2, -0.15) is 11.8 Å². The summed E-state index contributed by atoms with van der Waals surface area (Å²) >= 11 is 3.54. The highest BCUT2D eigenvalue weighted by molar-refractivity contribution is 7.98. The van der Waals surface area contributed by atoms with Crippen LogP contribution in [0.2, 0.25) is 0 Å². The Bertz CT molecular complexity index is 669. The molecule has 3 rings (SSSR count).